The number of likely N-dealkylation sites (tertiary alicyclic amines) is 1. The van der Waals surface area contributed by atoms with Crippen molar-refractivity contribution in [1.82, 2.24) is 4.90 Å². The van der Waals surface area contributed by atoms with Crippen molar-refractivity contribution in [1.29, 1.82) is 0 Å². The Morgan fingerprint density at radius 2 is 1.63 bits per heavy atom. The number of ketones is 1. The summed E-state index contributed by atoms with van der Waals surface area (Å²) in [6.07, 6.45) is 4.03. The van der Waals surface area contributed by atoms with E-state index in [0.29, 0.717) is 12.1 Å². The number of aliphatic hydroxyl groups is 1. The third kappa shape index (κ3) is 4.40. The fraction of sp³-hybridized carbons (Fsp3) is 0.360. The second kappa shape index (κ2) is 9.61. The summed E-state index contributed by atoms with van der Waals surface area (Å²) in [6.45, 7) is 2.63. The largest absolute Gasteiger partial charge is 0.507 e. The van der Waals surface area contributed by atoms with Crippen LogP contribution in [-0.4, -0.2) is 42.3 Å². The normalized spacial score (nSPS) is 18.1. The van der Waals surface area contributed by atoms with Crippen molar-refractivity contribution in [2.75, 3.05) is 25.5 Å². The highest BCUT2D eigenvalue weighted by molar-refractivity contribution is 6.46. The van der Waals surface area contributed by atoms with Gasteiger partial charge in [0.2, 0.25) is 0 Å². The number of nitrogens with zero attached hydrogens (tertiary/aromatic N) is 2. The molecule has 0 aliphatic carbocycles. The van der Waals surface area contributed by atoms with Gasteiger partial charge in [0.15, 0.2) is 0 Å². The first-order valence-corrected chi connectivity index (χ1v) is 10.6. The second-order valence-corrected chi connectivity index (χ2v) is 7.91. The number of anilines is 1. The molecule has 0 spiro atoms. The Bertz CT molecular complexity index is 917. The molecule has 1 aliphatic rings. The van der Waals surface area contributed by atoms with E-state index in [1.165, 1.54) is 0 Å². The number of amides is 1. The van der Waals surface area contributed by atoms with E-state index in [2.05, 4.69) is 6.92 Å². The van der Waals surface area contributed by atoms with E-state index >= 15 is 0 Å². The maximum atomic E-state index is 13.0. The molecule has 2 aromatic rings. The molecule has 1 saturated heterocycles. The SMILES string of the molecule is CCCCCCN1C(=O)C(=O)/C(=C(\O)c2ccccc2)C1c1ccc(N(C)C)cc1. The average Bonchev–Trinajstić information content (AvgIpc) is 3.01. The van der Waals surface area contributed by atoms with Gasteiger partial charge in [0.1, 0.15) is 5.76 Å². The molecule has 0 aromatic heterocycles. The molecule has 0 bridgehead atoms. The maximum Gasteiger partial charge on any atom is 0.295 e. The van der Waals surface area contributed by atoms with Gasteiger partial charge in [-0.2, -0.15) is 0 Å². The van der Waals surface area contributed by atoms with Gasteiger partial charge in [0.05, 0.1) is 11.6 Å². The number of aliphatic hydroxyl groups excluding tert-OH is 1. The molecule has 2 aromatic carbocycles. The molecule has 1 fully saturated rings. The van der Waals surface area contributed by atoms with Crippen molar-refractivity contribution in [3.63, 3.8) is 0 Å². The van der Waals surface area contributed by atoms with Crippen LogP contribution in [0.1, 0.15) is 49.8 Å². The van der Waals surface area contributed by atoms with Crippen molar-refractivity contribution in [3.8, 4) is 0 Å². The fourth-order valence-electron chi connectivity index (χ4n) is 3.87. The molecule has 3 rings (SSSR count). The lowest BCUT2D eigenvalue weighted by atomic mass is 9.95. The third-order valence-corrected chi connectivity index (χ3v) is 5.56. The van der Waals surface area contributed by atoms with E-state index < -0.39 is 17.7 Å². The smallest absolute Gasteiger partial charge is 0.295 e. The molecule has 0 radical (unpaired) electrons. The Labute approximate surface area is 178 Å². The summed E-state index contributed by atoms with van der Waals surface area (Å²) in [6, 6.07) is 16.2. The molecule has 1 heterocycles. The van der Waals surface area contributed by atoms with Crippen molar-refractivity contribution in [2.24, 2.45) is 0 Å². The van der Waals surface area contributed by atoms with Crippen LogP contribution in [0.3, 0.4) is 0 Å². The molecule has 1 atom stereocenters. The lowest BCUT2D eigenvalue weighted by Gasteiger charge is -2.26. The molecular weight excluding hydrogens is 376 g/mol. The van der Waals surface area contributed by atoms with Crippen LogP contribution in [0, 0.1) is 0 Å². The van der Waals surface area contributed by atoms with Crippen molar-refractivity contribution in [2.45, 2.75) is 38.6 Å². The highest BCUT2D eigenvalue weighted by atomic mass is 16.3. The van der Waals surface area contributed by atoms with E-state index in [1.807, 2.05) is 49.3 Å². The Hall–Kier alpha value is -3.08. The van der Waals surface area contributed by atoms with E-state index in [1.54, 1.807) is 29.2 Å². The Morgan fingerprint density at radius 3 is 2.23 bits per heavy atom. The monoisotopic (exact) mass is 406 g/mol. The zero-order valence-corrected chi connectivity index (χ0v) is 18.0. The van der Waals surface area contributed by atoms with Crippen molar-refractivity contribution >= 4 is 23.1 Å². The van der Waals surface area contributed by atoms with Gasteiger partial charge in [-0.1, -0.05) is 68.7 Å². The maximum absolute atomic E-state index is 13.0. The summed E-state index contributed by atoms with van der Waals surface area (Å²) < 4.78 is 0. The van der Waals surface area contributed by atoms with Gasteiger partial charge in [-0.05, 0) is 24.1 Å². The van der Waals surface area contributed by atoms with E-state index in [0.717, 1.165) is 36.9 Å². The van der Waals surface area contributed by atoms with Gasteiger partial charge in [0.25, 0.3) is 11.7 Å². The zero-order valence-electron chi connectivity index (χ0n) is 18.0. The molecule has 5 nitrogen and oxygen atoms in total. The molecule has 5 heteroatoms. The minimum absolute atomic E-state index is 0.119. The van der Waals surface area contributed by atoms with Gasteiger partial charge >= 0.3 is 0 Å². The number of benzene rings is 2. The van der Waals surface area contributed by atoms with Crippen molar-refractivity contribution < 1.29 is 14.7 Å². The number of rotatable bonds is 8. The van der Waals surface area contributed by atoms with Crippen LogP contribution in [0.5, 0.6) is 0 Å². The molecule has 1 amide bonds. The molecule has 1 unspecified atom stereocenters. The van der Waals surface area contributed by atoms with E-state index in [9.17, 15) is 14.7 Å². The van der Waals surface area contributed by atoms with Crippen LogP contribution < -0.4 is 4.90 Å². The van der Waals surface area contributed by atoms with Gasteiger partial charge < -0.3 is 14.9 Å². The van der Waals surface area contributed by atoms with Crippen LogP contribution in [0.25, 0.3) is 5.76 Å². The van der Waals surface area contributed by atoms with Crippen LogP contribution in [0.15, 0.2) is 60.2 Å². The molecule has 30 heavy (non-hydrogen) atoms. The minimum Gasteiger partial charge on any atom is -0.507 e. The van der Waals surface area contributed by atoms with Crippen LogP contribution in [-0.2, 0) is 9.59 Å². The van der Waals surface area contributed by atoms with Crippen LogP contribution in [0.4, 0.5) is 5.69 Å². The highest BCUT2D eigenvalue weighted by Crippen LogP contribution is 2.39. The lowest BCUT2D eigenvalue weighted by molar-refractivity contribution is -0.139. The van der Waals surface area contributed by atoms with Crippen LogP contribution in [0.2, 0.25) is 0 Å². The topological polar surface area (TPSA) is 60.9 Å². The molecule has 158 valence electrons. The molecule has 1 N–H and O–H groups in total. The number of Topliss-reactive ketones (excluding diaryl/α,β-unsaturated/α-hetero) is 1. The fourth-order valence-corrected chi connectivity index (χ4v) is 3.87. The number of carbonyl (C=O) groups is 2. The summed E-state index contributed by atoms with van der Waals surface area (Å²) in [7, 11) is 3.93. The summed E-state index contributed by atoms with van der Waals surface area (Å²) in [5, 5.41) is 11.0. The number of unbranched alkanes of at least 4 members (excludes halogenated alkanes) is 3. The average molecular weight is 407 g/mol. The molecule has 0 saturated carbocycles. The number of carbonyl (C=O) groups excluding carboxylic acids is 2. The Balaban J connectivity index is 2.05. The molecular formula is C25H30N2O3. The minimum atomic E-state index is -0.617. The van der Waals surface area contributed by atoms with E-state index in [-0.39, 0.29) is 11.3 Å². The van der Waals surface area contributed by atoms with Gasteiger partial charge in [-0.15, -0.1) is 0 Å². The van der Waals surface area contributed by atoms with Gasteiger partial charge in [-0.3, -0.25) is 9.59 Å². The molecule has 1 aliphatic heterocycles. The predicted molar refractivity (Wildman–Crippen MR) is 120 cm³/mol. The van der Waals surface area contributed by atoms with Gasteiger partial charge in [-0.25, -0.2) is 0 Å². The predicted octanol–water partition coefficient (Wildman–Crippen LogP) is 4.75. The first kappa shape index (κ1) is 21.6. The summed E-state index contributed by atoms with van der Waals surface area (Å²) in [4.78, 5) is 29.5. The number of hydrogen-bond donors (Lipinski definition) is 1. The van der Waals surface area contributed by atoms with Gasteiger partial charge in [0, 0.05) is 31.9 Å². The van der Waals surface area contributed by atoms with Crippen molar-refractivity contribution in [3.05, 3.63) is 71.3 Å². The first-order chi connectivity index (χ1) is 14.5. The Morgan fingerprint density at radius 1 is 0.967 bits per heavy atom. The quantitative estimate of drug-likeness (QED) is 0.297. The second-order valence-electron chi connectivity index (χ2n) is 7.91. The van der Waals surface area contributed by atoms with Crippen LogP contribution >= 0.6 is 0 Å². The number of hydrogen-bond acceptors (Lipinski definition) is 4. The van der Waals surface area contributed by atoms with E-state index in [4.69, 9.17) is 0 Å². The zero-order chi connectivity index (χ0) is 21.7. The third-order valence-electron chi connectivity index (χ3n) is 5.56. The lowest BCUT2D eigenvalue weighted by Crippen LogP contribution is -2.30. The Kier molecular flexibility index (Phi) is 6.93. The summed E-state index contributed by atoms with van der Waals surface area (Å²) >= 11 is 0. The highest BCUT2D eigenvalue weighted by Gasteiger charge is 2.45. The first-order valence-electron chi connectivity index (χ1n) is 10.6. The summed E-state index contributed by atoms with van der Waals surface area (Å²) in [5.74, 6) is -1.27. The standard InChI is InChI=1S/C25H30N2O3/c1-4-5-6-10-17-27-22(18-13-15-20(16-14-18)26(2)3)21(24(29)25(27)30)23(28)19-11-8-7-9-12-19/h7-9,11-16,22,28H,4-6,10,17H2,1-3H3/b23-21-. The summed E-state index contributed by atoms with van der Waals surface area (Å²) in [5.41, 5.74) is 2.56.